The van der Waals surface area contributed by atoms with Crippen LogP contribution in [0.5, 0.6) is 11.5 Å². The third-order valence-electron chi connectivity index (χ3n) is 6.96. The topological polar surface area (TPSA) is 65.4 Å². The van der Waals surface area contributed by atoms with E-state index in [2.05, 4.69) is 9.88 Å². The molecule has 1 N–H and O–H groups in total. The Morgan fingerprint density at radius 2 is 1.69 bits per heavy atom. The van der Waals surface area contributed by atoms with Crippen molar-refractivity contribution in [3.63, 3.8) is 0 Å². The van der Waals surface area contributed by atoms with Gasteiger partial charge in [0.05, 0.1) is 31.3 Å². The summed E-state index contributed by atoms with van der Waals surface area (Å²) < 4.78 is 26.7. The highest BCUT2D eigenvalue weighted by molar-refractivity contribution is 6.01. The van der Waals surface area contributed by atoms with Crippen LogP contribution in [0, 0.1) is 5.82 Å². The molecule has 1 aliphatic heterocycles. The van der Waals surface area contributed by atoms with Gasteiger partial charge in [-0.3, -0.25) is 9.36 Å². The van der Waals surface area contributed by atoms with E-state index < -0.39 is 0 Å². The second-order valence-electron chi connectivity index (χ2n) is 8.91. The molecular weight excluding hydrogens is 445 g/mol. The van der Waals surface area contributed by atoms with E-state index in [1.165, 1.54) is 12.1 Å². The van der Waals surface area contributed by atoms with Crippen LogP contribution >= 0.6 is 0 Å². The second-order valence-corrected chi connectivity index (χ2v) is 8.91. The van der Waals surface area contributed by atoms with E-state index in [4.69, 9.17) is 14.5 Å². The number of fused-ring (bicyclic) bond motifs is 3. The van der Waals surface area contributed by atoms with Gasteiger partial charge in [0.1, 0.15) is 5.82 Å². The lowest BCUT2D eigenvalue weighted by atomic mass is 9.77. The molecule has 6 nitrogen and oxygen atoms in total. The summed E-state index contributed by atoms with van der Waals surface area (Å²) in [6, 6.07) is 19.7. The number of anilines is 1. The van der Waals surface area contributed by atoms with E-state index in [1.807, 2.05) is 42.5 Å². The molecule has 3 aromatic carbocycles. The monoisotopic (exact) mass is 469 g/mol. The van der Waals surface area contributed by atoms with Crippen LogP contribution in [-0.2, 0) is 4.79 Å². The van der Waals surface area contributed by atoms with E-state index in [9.17, 15) is 9.18 Å². The van der Waals surface area contributed by atoms with E-state index in [0.717, 1.165) is 27.9 Å². The number of aromatic nitrogens is 2. The van der Waals surface area contributed by atoms with Crippen molar-refractivity contribution < 1.29 is 18.7 Å². The zero-order valence-electron chi connectivity index (χ0n) is 19.4. The molecule has 176 valence electrons. The van der Waals surface area contributed by atoms with Crippen molar-refractivity contribution in [1.82, 2.24) is 9.55 Å². The van der Waals surface area contributed by atoms with Crippen LogP contribution in [0.4, 0.5) is 10.3 Å². The minimum Gasteiger partial charge on any atom is -0.493 e. The van der Waals surface area contributed by atoms with Crippen LogP contribution in [0.1, 0.15) is 35.9 Å². The molecule has 0 saturated carbocycles. The van der Waals surface area contributed by atoms with Crippen molar-refractivity contribution in [3.05, 3.63) is 94.9 Å². The van der Waals surface area contributed by atoms with Crippen molar-refractivity contribution in [1.29, 1.82) is 0 Å². The maximum absolute atomic E-state index is 13.8. The molecule has 0 amide bonds. The molecule has 2 unspecified atom stereocenters. The first-order chi connectivity index (χ1) is 17.1. The van der Waals surface area contributed by atoms with Crippen molar-refractivity contribution in [2.75, 3.05) is 19.5 Å². The lowest BCUT2D eigenvalue weighted by molar-refractivity contribution is -0.116. The largest absolute Gasteiger partial charge is 0.493 e. The number of ether oxygens (including phenoxy) is 2. The summed E-state index contributed by atoms with van der Waals surface area (Å²) in [7, 11) is 3.21. The van der Waals surface area contributed by atoms with Gasteiger partial charge in [0, 0.05) is 17.7 Å². The molecule has 0 saturated heterocycles. The Balaban J connectivity index is 1.47. The molecule has 0 fully saturated rings. The summed E-state index contributed by atoms with van der Waals surface area (Å²) >= 11 is 0. The predicted molar refractivity (Wildman–Crippen MR) is 131 cm³/mol. The summed E-state index contributed by atoms with van der Waals surface area (Å²) in [6.07, 6.45) is 1.02. The lowest BCUT2D eigenvalue weighted by Crippen LogP contribution is -2.33. The van der Waals surface area contributed by atoms with Gasteiger partial charge in [0.25, 0.3) is 0 Å². The van der Waals surface area contributed by atoms with Crippen molar-refractivity contribution in [3.8, 4) is 11.5 Å². The molecule has 6 rings (SSSR count). The molecule has 0 bridgehead atoms. The summed E-state index contributed by atoms with van der Waals surface area (Å²) in [5.41, 5.74) is 5.20. The van der Waals surface area contributed by atoms with E-state index in [1.54, 1.807) is 26.4 Å². The Bertz CT molecular complexity index is 1490. The quantitative estimate of drug-likeness (QED) is 0.421. The van der Waals surface area contributed by atoms with Gasteiger partial charge in [0.15, 0.2) is 17.3 Å². The van der Waals surface area contributed by atoms with E-state index in [-0.39, 0.29) is 23.6 Å². The van der Waals surface area contributed by atoms with Gasteiger partial charge in [0.2, 0.25) is 5.95 Å². The molecule has 2 atom stereocenters. The number of para-hydroxylation sites is 2. The normalized spacial score (nSPS) is 19.2. The number of rotatable bonds is 4. The molecule has 0 radical (unpaired) electrons. The number of methoxy groups -OCH3 is 2. The van der Waals surface area contributed by atoms with E-state index >= 15 is 0 Å². The number of ketones is 1. The third kappa shape index (κ3) is 3.46. The molecular formula is C28H24FN3O3. The van der Waals surface area contributed by atoms with Crippen LogP contribution < -0.4 is 14.8 Å². The molecule has 0 spiro atoms. The van der Waals surface area contributed by atoms with Crippen molar-refractivity contribution >= 4 is 22.8 Å². The Kier molecular flexibility index (Phi) is 5.06. The fourth-order valence-electron chi connectivity index (χ4n) is 5.33. The maximum atomic E-state index is 13.8. The van der Waals surface area contributed by atoms with Crippen LogP contribution in [0.25, 0.3) is 11.0 Å². The van der Waals surface area contributed by atoms with Crippen LogP contribution in [0.2, 0.25) is 0 Å². The summed E-state index contributed by atoms with van der Waals surface area (Å²) in [5.74, 6) is 1.71. The Labute approximate surface area is 202 Å². The minimum absolute atomic E-state index is 0.0154. The predicted octanol–water partition coefficient (Wildman–Crippen LogP) is 5.61. The molecule has 4 aromatic rings. The SMILES string of the molecule is COc1ccc(C2CC(=O)C3=C(C2)Nc2nc4ccccc4n2C3c2ccc(F)cc2)cc1OC. The Hall–Kier alpha value is -4.13. The number of carbonyl (C=O) groups is 1. The average Bonchev–Trinajstić information content (AvgIpc) is 3.25. The fraction of sp³-hybridized carbons (Fsp3) is 0.214. The van der Waals surface area contributed by atoms with Crippen molar-refractivity contribution in [2.24, 2.45) is 0 Å². The van der Waals surface area contributed by atoms with Crippen LogP contribution in [0.3, 0.4) is 0 Å². The molecule has 2 aliphatic rings. The highest BCUT2D eigenvalue weighted by Gasteiger charge is 2.39. The number of benzene rings is 3. The molecule has 35 heavy (non-hydrogen) atoms. The first kappa shape index (κ1) is 21.4. The minimum atomic E-state index is -0.381. The zero-order chi connectivity index (χ0) is 24.1. The first-order valence-corrected chi connectivity index (χ1v) is 11.5. The number of hydrogen-bond donors (Lipinski definition) is 1. The van der Waals surface area contributed by atoms with Gasteiger partial charge < -0.3 is 14.8 Å². The summed E-state index contributed by atoms with van der Waals surface area (Å²) in [6.45, 7) is 0. The number of nitrogens with zero attached hydrogens (tertiary/aromatic N) is 2. The number of Topliss-reactive ketones (excluding diaryl/α,β-unsaturated/α-hetero) is 1. The lowest BCUT2D eigenvalue weighted by Gasteiger charge is -2.36. The van der Waals surface area contributed by atoms with Crippen LogP contribution in [-0.4, -0.2) is 29.6 Å². The zero-order valence-corrected chi connectivity index (χ0v) is 19.4. The highest BCUT2D eigenvalue weighted by Crippen LogP contribution is 2.46. The van der Waals surface area contributed by atoms with Crippen LogP contribution in [0.15, 0.2) is 78.0 Å². The number of allylic oxidation sites excluding steroid dienone is 2. The molecule has 7 heteroatoms. The number of hydrogen-bond acceptors (Lipinski definition) is 5. The standard InChI is InChI=1S/C28H24FN3O3/c1-34-24-12-9-17(15-25(24)35-2)18-13-21-26(23(33)14-18)27(16-7-10-19(29)11-8-16)32-22-6-4-3-5-20(22)30-28(32)31-21/h3-12,15,18,27H,13-14H2,1-2H3,(H,30,31). The van der Waals surface area contributed by atoms with E-state index in [0.29, 0.717) is 35.9 Å². The van der Waals surface area contributed by atoms with Gasteiger partial charge in [-0.25, -0.2) is 9.37 Å². The summed E-state index contributed by atoms with van der Waals surface area (Å²) in [4.78, 5) is 18.6. The molecule has 2 heterocycles. The van der Waals surface area contributed by atoms with Gasteiger partial charge >= 0.3 is 0 Å². The Morgan fingerprint density at radius 3 is 2.46 bits per heavy atom. The molecule has 1 aliphatic carbocycles. The third-order valence-corrected chi connectivity index (χ3v) is 6.96. The number of nitrogens with one attached hydrogen (secondary N) is 1. The van der Waals surface area contributed by atoms with Gasteiger partial charge in [-0.15, -0.1) is 0 Å². The number of imidazole rings is 1. The maximum Gasteiger partial charge on any atom is 0.209 e. The number of carbonyl (C=O) groups excluding carboxylic acids is 1. The first-order valence-electron chi connectivity index (χ1n) is 11.5. The van der Waals surface area contributed by atoms with Gasteiger partial charge in [-0.2, -0.15) is 0 Å². The Morgan fingerprint density at radius 1 is 0.943 bits per heavy atom. The second kappa shape index (κ2) is 8.27. The summed E-state index contributed by atoms with van der Waals surface area (Å²) in [5, 5.41) is 3.46. The smallest absolute Gasteiger partial charge is 0.209 e. The number of halogens is 1. The van der Waals surface area contributed by atoms with Crippen molar-refractivity contribution in [2.45, 2.75) is 24.8 Å². The average molecular weight is 470 g/mol. The highest BCUT2D eigenvalue weighted by atomic mass is 19.1. The van der Waals surface area contributed by atoms with Gasteiger partial charge in [-0.1, -0.05) is 30.3 Å². The fourth-order valence-corrected chi connectivity index (χ4v) is 5.33. The molecule has 1 aromatic heterocycles. The van der Waals surface area contributed by atoms with Gasteiger partial charge in [-0.05, 0) is 59.9 Å².